The van der Waals surface area contributed by atoms with Crippen molar-refractivity contribution in [3.05, 3.63) is 65.7 Å². The SMILES string of the molecule is CN(CCCC(=O)O)C(=O)c1ccc(N2CCC(c3ccccc3)CC2)cc1. The summed E-state index contributed by atoms with van der Waals surface area (Å²) in [5.74, 6) is -0.279. The first-order chi connectivity index (χ1) is 13.5. The Kier molecular flexibility index (Phi) is 6.69. The second-order valence-corrected chi connectivity index (χ2v) is 7.44. The summed E-state index contributed by atoms with van der Waals surface area (Å²) in [5, 5.41) is 8.71. The van der Waals surface area contributed by atoms with Crippen molar-refractivity contribution in [1.82, 2.24) is 4.90 Å². The summed E-state index contributed by atoms with van der Waals surface area (Å²) in [6.45, 7) is 2.48. The smallest absolute Gasteiger partial charge is 0.303 e. The number of hydrogen-bond acceptors (Lipinski definition) is 3. The van der Waals surface area contributed by atoms with E-state index in [0.717, 1.165) is 31.6 Å². The first kappa shape index (κ1) is 19.9. The van der Waals surface area contributed by atoms with Crippen LogP contribution in [-0.4, -0.2) is 48.6 Å². The molecule has 2 aromatic carbocycles. The Balaban J connectivity index is 1.53. The number of carboxylic acid groups (broad SMARTS) is 1. The van der Waals surface area contributed by atoms with Gasteiger partial charge in [0, 0.05) is 44.4 Å². The van der Waals surface area contributed by atoms with E-state index in [1.54, 1.807) is 11.9 Å². The average Bonchev–Trinajstić information content (AvgIpc) is 2.74. The second kappa shape index (κ2) is 9.40. The van der Waals surface area contributed by atoms with E-state index in [-0.39, 0.29) is 12.3 Å². The van der Waals surface area contributed by atoms with Crippen LogP contribution in [0.25, 0.3) is 0 Å². The third-order valence-corrected chi connectivity index (χ3v) is 5.48. The molecule has 3 rings (SSSR count). The van der Waals surface area contributed by atoms with Crippen LogP contribution in [-0.2, 0) is 4.79 Å². The molecular formula is C23H28N2O3. The minimum Gasteiger partial charge on any atom is -0.481 e. The lowest BCUT2D eigenvalue weighted by Crippen LogP contribution is -2.33. The van der Waals surface area contributed by atoms with Crippen LogP contribution < -0.4 is 4.90 Å². The van der Waals surface area contributed by atoms with E-state index in [4.69, 9.17) is 5.11 Å². The van der Waals surface area contributed by atoms with Crippen molar-refractivity contribution < 1.29 is 14.7 Å². The molecule has 5 heteroatoms. The van der Waals surface area contributed by atoms with Crippen molar-refractivity contribution in [2.24, 2.45) is 0 Å². The molecular weight excluding hydrogens is 352 g/mol. The number of anilines is 1. The number of aliphatic carboxylic acids is 1. The van der Waals surface area contributed by atoms with Gasteiger partial charge >= 0.3 is 5.97 Å². The topological polar surface area (TPSA) is 60.9 Å². The summed E-state index contributed by atoms with van der Waals surface area (Å²) in [6, 6.07) is 18.5. The summed E-state index contributed by atoms with van der Waals surface area (Å²) >= 11 is 0. The largest absolute Gasteiger partial charge is 0.481 e. The maximum absolute atomic E-state index is 12.5. The molecule has 148 valence electrons. The Morgan fingerprint density at radius 2 is 1.68 bits per heavy atom. The number of benzene rings is 2. The maximum Gasteiger partial charge on any atom is 0.303 e. The molecule has 1 amide bonds. The number of nitrogens with zero attached hydrogens (tertiary/aromatic N) is 2. The molecule has 0 unspecified atom stereocenters. The number of piperidine rings is 1. The predicted octanol–water partition coefficient (Wildman–Crippen LogP) is 4.01. The van der Waals surface area contributed by atoms with Crippen LogP contribution in [0, 0.1) is 0 Å². The Labute approximate surface area is 166 Å². The second-order valence-electron chi connectivity index (χ2n) is 7.44. The molecule has 1 N–H and O–H groups in total. The number of carboxylic acids is 1. The van der Waals surface area contributed by atoms with Crippen LogP contribution >= 0.6 is 0 Å². The third-order valence-electron chi connectivity index (χ3n) is 5.48. The zero-order valence-corrected chi connectivity index (χ0v) is 16.4. The summed E-state index contributed by atoms with van der Waals surface area (Å²) in [7, 11) is 1.71. The fourth-order valence-electron chi connectivity index (χ4n) is 3.80. The van der Waals surface area contributed by atoms with E-state index in [0.29, 0.717) is 24.4 Å². The molecule has 0 aromatic heterocycles. The van der Waals surface area contributed by atoms with E-state index in [2.05, 4.69) is 35.2 Å². The molecule has 0 bridgehead atoms. The lowest BCUT2D eigenvalue weighted by Gasteiger charge is -2.34. The van der Waals surface area contributed by atoms with E-state index < -0.39 is 5.97 Å². The monoisotopic (exact) mass is 380 g/mol. The van der Waals surface area contributed by atoms with E-state index in [1.807, 2.05) is 24.3 Å². The van der Waals surface area contributed by atoms with Gasteiger partial charge < -0.3 is 14.9 Å². The highest BCUT2D eigenvalue weighted by atomic mass is 16.4. The van der Waals surface area contributed by atoms with Crippen molar-refractivity contribution in [3.63, 3.8) is 0 Å². The molecule has 2 aromatic rings. The van der Waals surface area contributed by atoms with Crippen molar-refractivity contribution in [2.45, 2.75) is 31.6 Å². The first-order valence-electron chi connectivity index (χ1n) is 9.92. The van der Waals surface area contributed by atoms with Gasteiger partial charge in [0.1, 0.15) is 0 Å². The molecule has 28 heavy (non-hydrogen) atoms. The predicted molar refractivity (Wildman–Crippen MR) is 111 cm³/mol. The molecule has 1 aliphatic heterocycles. The standard InChI is InChI=1S/C23H28N2O3/c1-24(15-5-8-22(26)27)23(28)20-9-11-21(12-10-20)25-16-13-19(14-17-25)18-6-3-2-4-7-18/h2-4,6-7,9-12,19H,5,8,13-17H2,1H3,(H,26,27). The summed E-state index contributed by atoms with van der Waals surface area (Å²) < 4.78 is 0. The Morgan fingerprint density at radius 1 is 1.04 bits per heavy atom. The number of carbonyl (C=O) groups excluding carboxylic acids is 1. The fraction of sp³-hybridized carbons (Fsp3) is 0.391. The van der Waals surface area contributed by atoms with Gasteiger partial charge in [-0.25, -0.2) is 0 Å². The molecule has 0 radical (unpaired) electrons. The number of amides is 1. The molecule has 1 fully saturated rings. The van der Waals surface area contributed by atoms with Gasteiger partial charge in [-0.15, -0.1) is 0 Å². The maximum atomic E-state index is 12.5. The van der Waals surface area contributed by atoms with Gasteiger partial charge in [0.15, 0.2) is 0 Å². The lowest BCUT2D eigenvalue weighted by molar-refractivity contribution is -0.137. The minimum absolute atomic E-state index is 0.0697. The zero-order valence-electron chi connectivity index (χ0n) is 16.4. The Bertz CT molecular complexity index is 781. The van der Waals surface area contributed by atoms with Crippen LogP contribution in [0.1, 0.15) is 47.5 Å². The van der Waals surface area contributed by atoms with Gasteiger partial charge in [0.05, 0.1) is 0 Å². The Hall–Kier alpha value is -2.82. The highest BCUT2D eigenvalue weighted by molar-refractivity contribution is 5.94. The first-order valence-corrected chi connectivity index (χ1v) is 9.92. The van der Waals surface area contributed by atoms with Crippen molar-refractivity contribution in [3.8, 4) is 0 Å². The quantitative estimate of drug-likeness (QED) is 0.788. The van der Waals surface area contributed by atoms with Gasteiger partial charge in [0.2, 0.25) is 0 Å². The number of rotatable bonds is 7. The van der Waals surface area contributed by atoms with Crippen LogP contribution in [0.2, 0.25) is 0 Å². The molecule has 1 heterocycles. The molecule has 0 aliphatic carbocycles. The molecule has 1 saturated heterocycles. The summed E-state index contributed by atoms with van der Waals surface area (Å²) in [5.41, 5.74) is 3.21. The third kappa shape index (κ3) is 5.12. The van der Waals surface area contributed by atoms with Crippen molar-refractivity contribution >= 4 is 17.6 Å². The molecule has 0 atom stereocenters. The molecule has 5 nitrogen and oxygen atoms in total. The number of carbonyl (C=O) groups is 2. The van der Waals surface area contributed by atoms with E-state index in [9.17, 15) is 9.59 Å². The molecule has 0 spiro atoms. The van der Waals surface area contributed by atoms with Gasteiger partial charge in [-0.3, -0.25) is 9.59 Å². The van der Waals surface area contributed by atoms with Crippen molar-refractivity contribution in [1.29, 1.82) is 0 Å². The van der Waals surface area contributed by atoms with Gasteiger partial charge in [-0.2, -0.15) is 0 Å². The van der Waals surface area contributed by atoms with E-state index in [1.165, 1.54) is 5.56 Å². The molecule has 0 saturated carbocycles. The van der Waals surface area contributed by atoms with Crippen LogP contribution in [0.5, 0.6) is 0 Å². The van der Waals surface area contributed by atoms with Gasteiger partial charge in [-0.1, -0.05) is 30.3 Å². The highest BCUT2D eigenvalue weighted by Crippen LogP contribution is 2.30. The summed E-state index contributed by atoms with van der Waals surface area (Å²) in [6.07, 6.45) is 2.82. The fourth-order valence-corrected chi connectivity index (χ4v) is 3.80. The normalized spacial score (nSPS) is 14.7. The van der Waals surface area contributed by atoms with Gasteiger partial charge in [0.25, 0.3) is 5.91 Å². The highest BCUT2D eigenvalue weighted by Gasteiger charge is 2.21. The molecule has 1 aliphatic rings. The zero-order chi connectivity index (χ0) is 19.9. The van der Waals surface area contributed by atoms with Crippen LogP contribution in [0.15, 0.2) is 54.6 Å². The van der Waals surface area contributed by atoms with E-state index >= 15 is 0 Å². The van der Waals surface area contributed by atoms with Crippen molar-refractivity contribution in [2.75, 3.05) is 31.6 Å². The number of hydrogen-bond donors (Lipinski definition) is 1. The van der Waals surface area contributed by atoms with Crippen LogP contribution in [0.4, 0.5) is 5.69 Å². The minimum atomic E-state index is -0.832. The Morgan fingerprint density at radius 3 is 2.29 bits per heavy atom. The van der Waals surface area contributed by atoms with Gasteiger partial charge in [-0.05, 0) is 55.0 Å². The lowest BCUT2D eigenvalue weighted by atomic mass is 9.89. The average molecular weight is 380 g/mol. The summed E-state index contributed by atoms with van der Waals surface area (Å²) in [4.78, 5) is 27.0. The van der Waals surface area contributed by atoms with Crippen LogP contribution in [0.3, 0.4) is 0 Å².